The van der Waals surface area contributed by atoms with Crippen LogP contribution in [-0.4, -0.2) is 95.0 Å². The molecular weight excluding hydrogens is 464 g/mol. The van der Waals surface area contributed by atoms with Gasteiger partial charge in [0.1, 0.15) is 0 Å². The number of hydrogen-bond donors (Lipinski definition) is 6. The van der Waals surface area contributed by atoms with Crippen LogP contribution in [0.4, 0.5) is 0 Å². The van der Waals surface area contributed by atoms with E-state index in [4.69, 9.17) is 19.3 Å². The first-order chi connectivity index (χ1) is 7.83. The van der Waals surface area contributed by atoms with E-state index in [1.165, 1.54) is 0 Å². The number of carbonyl (C=O) groups excluding carboxylic acids is 2. The first-order valence-electron chi connectivity index (χ1n) is 3.61. The monoisotopic (exact) mass is 484 g/mol. The molecule has 0 radical (unpaired) electrons. The van der Waals surface area contributed by atoms with Crippen LogP contribution in [0.2, 0.25) is 0 Å². The largest absolute Gasteiger partial charge is 1.00 e. The summed E-state index contributed by atoms with van der Waals surface area (Å²) in [7, 11) is -10.6. The molecule has 0 fully saturated rings. The number of aliphatic hydroxyl groups excluding tert-OH is 2. The molecule has 138 valence electrons. The molecule has 20 heteroatoms. The van der Waals surface area contributed by atoms with E-state index in [1.54, 1.807) is 0 Å². The van der Waals surface area contributed by atoms with Crippen molar-refractivity contribution in [3.63, 3.8) is 0 Å². The zero-order valence-corrected chi connectivity index (χ0v) is 19.3. The van der Waals surface area contributed by atoms with E-state index in [1.807, 2.05) is 0 Å². The Morgan fingerprint density at radius 2 is 0.917 bits per heavy atom. The van der Waals surface area contributed by atoms with Gasteiger partial charge < -0.3 is 33.7 Å². The summed E-state index contributed by atoms with van der Waals surface area (Å²) in [6.45, 7) is 0. The molecule has 0 bridgehead atoms. The topological polar surface area (TPSA) is 272 Å². The summed E-state index contributed by atoms with van der Waals surface area (Å²) in [5, 5.41) is 17.7. The number of rotatable bonds is 5. The van der Waals surface area contributed by atoms with Gasteiger partial charge in [-0.3, -0.25) is 9.11 Å². The number of carbonyl (C=O) groups is 2. The molecule has 0 aliphatic carbocycles. The van der Waals surface area contributed by atoms with Crippen LogP contribution in [0, 0.1) is 0 Å². The van der Waals surface area contributed by atoms with Crippen molar-refractivity contribution in [1.82, 2.24) is 12.3 Å². The van der Waals surface area contributed by atoms with Gasteiger partial charge in [0.2, 0.25) is 0 Å². The van der Waals surface area contributed by atoms with Crippen LogP contribution in [0.3, 0.4) is 0 Å². The van der Waals surface area contributed by atoms with Gasteiger partial charge in [-0.1, -0.05) is 0 Å². The van der Waals surface area contributed by atoms with Gasteiger partial charge in [0.25, 0.3) is 0 Å². The van der Waals surface area contributed by atoms with E-state index in [9.17, 15) is 26.4 Å². The van der Waals surface area contributed by atoms with E-state index in [0.717, 1.165) is 0 Å². The Bertz CT molecular complexity index is 516. The van der Waals surface area contributed by atoms with E-state index < -0.39 is 44.9 Å². The Hall–Kier alpha value is 2.94. The second kappa shape index (κ2) is 19.3. The summed E-state index contributed by atoms with van der Waals surface area (Å²) >= 11 is 0. The molecule has 0 aliphatic heterocycles. The van der Waals surface area contributed by atoms with E-state index in [-0.39, 0.29) is 153 Å². The maximum Gasteiger partial charge on any atom is 1.00 e. The van der Waals surface area contributed by atoms with Gasteiger partial charge in [-0.2, -0.15) is 16.8 Å². The minimum absolute atomic E-state index is 0. The second-order valence-electron chi connectivity index (χ2n) is 2.55. The molecular formula is C4H20Al2K2N2O12S2. The maximum absolute atomic E-state index is 10.7. The zero-order chi connectivity index (χ0) is 14.7. The molecule has 0 saturated carbocycles. The fourth-order valence-electron chi connectivity index (χ4n) is 0.564. The molecule has 14 nitrogen and oxygen atoms in total. The SMILES string of the molecule is N.N.O=C(OS(=O)(=O)O)C(O)C(O)C(=O)OS(=O)(=O)O.[AlH3].[AlH3].[H-].[H-].[K+].[K+]. The average molecular weight is 484 g/mol. The van der Waals surface area contributed by atoms with Gasteiger partial charge in [0.15, 0.2) is 46.9 Å². The van der Waals surface area contributed by atoms with Crippen molar-refractivity contribution in [1.29, 1.82) is 0 Å². The summed E-state index contributed by atoms with van der Waals surface area (Å²) in [5.74, 6) is -4.37. The fraction of sp³-hybridized carbons (Fsp3) is 0.500. The number of hydrogen-bond acceptors (Lipinski definition) is 12. The summed E-state index contributed by atoms with van der Waals surface area (Å²) in [4.78, 5) is 21.4. The van der Waals surface area contributed by atoms with Crippen molar-refractivity contribution in [2.75, 3.05) is 0 Å². The van der Waals surface area contributed by atoms with Crippen molar-refractivity contribution in [3.05, 3.63) is 0 Å². The molecule has 0 aromatic heterocycles. The van der Waals surface area contributed by atoms with Crippen LogP contribution in [-0.2, 0) is 38.8 Å². The minimum Gasteiger partial charge on any atom is -1.00 e. The van der Waals surface area contributed by atoms with Crippen molar-refractivity contribution < 1.29 is 160 Å². The van der Waals surface area contributed by atoms with E-state index in [0.29, 0.717) is 0 Å². The standard InChI is InChI=1S/C4H6O12S2.2Al.2K.2H3N.8H/c5-1(3(7)15-17(9,10)11)2(6)4(8)16-18(12,13)14;;;;;;;;;;;;;;/h1-2,5-6H,(H,9,10,11)(H,12,13,14);;;;;2*1H3;;;;;;;;/q;;;2*+1;;;;;;;;;2*-1. The van der Waals surface area contributed by atoms with Crippen LogP contribution in [0.1, 0.15) is 2.85 Å². The molecule has 0 spiro atoms. The molecule has 0 aliphatic rings. The molecule has 0 aromatic carbocycles. The molecule has 0 amide bonds. The minimum atomic E-state index is -5.30. The van der Waals surface area contributed by atoms with Crippen LogP contribution >= 0.6 is 0 Å². The second-order valence-corrected chi connectivity index (χ2v) is 4.59. The van der Waals surface area contributed by atoms with Gasteiger partial charge in [-0.05, 0) is 0 Å². The average Bonchev–Trinajstić information content (AvgIpc) is 2.09. The van der Waals surface area contributed by atoms with Crippen LogP contribution in [0.15, 0.2) is 0 Å². The molecule has 10 N–H and O–H groups in total. The quantitative estimate of drug-likeness (QED) is 0.156. The Kier molecular flexibility index (Phi) is 36.6. The normalized spacial score (nSPS) is 11.7. The van der Waals surface area contributed by atoms with Gasteiger partial charge in [0, 0.05) is 0 Å². The molecule has 2 unspecified atom stereocenters. The summed E-state index contributed by atoms with van der Waals surface area (Å²) in [5.41, 5.74) is 0. The smallest absolute Gasteiger partial charge is 1.00 e. The molecule has 24 heavy (non-hydrogen) atoms. The molecule has 0 saturated heterocycles. The summed E-state index contributed by atoms with van der Waals surface area (Å²) in [6, 6.07) is 0. The Morgan fingerprint density at radius 3 is 1.04 bits per heavy atom. The third-order valence-corrected chi connectivity index (χ3v) is 1.91. The van der Waals surface area contributed by atoms with Crippen LogP contribution in [0.25, 0.3) is 0 Å². The van der Waals surface area contributed by atoms with Gasteiger partial charge in [0.05, 0.1) is 0 Å². The van der Waals surface area contributed by atoms with Crippen molar-refractivity contribution in [2.24, 2.45) is 0 Å². The van der Waals surface area contributed by atoms with E-state index in [2.05, 4.69) is 8.37 Å². The summed E-state index contributed by atoms with van der Waals surface area (Å²) < 4.78 is 62.5. The van der Waals surface area contributed by atoms with Crippen LogP contribution < -0.4 is 115 Å². The predicted molar refractivity (Wildman–Crippen MR) is 79.4 cm³/mol. The summed E-state index contributed by atoms with van der Waals surface area (Å²) in [6.07, 6.45) is -5.75. The Morgan fingerprint density at radius 1 is 0.750 bits per heavy atom. The third kappa shape index (κ3) is 23.0. The van der Waals surface area contributed by atoms with Crippen molar-refractivity contribution in [3.8, 4) is 0 Å². The van der Waals surface area contributed by atoms with Crippen LogP contribution in [0.5, 0.6) is 0 Å². The molecule has 0 heterocycles. The Balaban J connectivity index is -0.0000000516. The van der Waals surface area contributed by atoms with Gasteiger partial charge in [-0.25, -0.2) is 9.59 Å². The van der Waals surface area contributed by atoms with Gasteiger partial charge in [-0.15, -0.1) is 0 Å². The zero-order valence-electron chi connectivity index (χ0n) is 13.4. The van der Waals surface area contributed by atoms with E-state index >= 15 is 0 Å². The Labute approximate surface area is 246 Å². The van der Waals surface area contributed by atoms with Gasteiger partial charge >= 0.3 is 136 Å². The molecule has 0 aromatic rings. The first-order valence-corrected chi connectivity index (χ1v) is 6.34. The number of aliphatic hydroxyl groups is 2. The maximum atomic E-state index is 10.7. The molecule has 2 atom stereocenters. The molecule has 0 rings (SSSR count). The first kappa shape index (κ1) is 45.6. The van der Waals surface area contributed by atoms with Crippen molar-refractivity contribution in [2.45, 2.75) is 12.2 Å². The predicted octanol–water partition coefficient (Wildman–Crippen LogP) is -11.4. The van der Waals surface area contributed by atoms with Crippen molar-refractivity contribution >= 4 is 67.5 Å². The third-order valence-electron chi connectivity index (χ3n) is 1.16. The fourth-order valence-corrected chi connectivity index (χ4v) is 1.18.